The van der Waals surface area contributed by atoms with E-state index >= 15 is 0 Å². The molecule has 0 radical (unpaired) electrons. The van der Waals surface area contributed by atoms with E-state index in [9.17, 15) is 4.79 Å². The van der Waals surface area contributed by atoms with Crippen molar-refractivity contribution in [1.29, 1.82) is 0 Å². The quantitative estimate of drug-likeness (QED) is 0.647. The second-order valence-electron chi connectivity index (χ2n) is 2.49. The second-order valence-corrected chi connectivity index (χ2v) is 2.49. The minimum atomic E-state index is -0.493. The molecule has 1 heterocycles. The lowest BCUT2D eigenvalue weighted by Crippen LogP contribution is -2.37. The number of hydrogen-bond acceptors (Lipinski definition) is 4. The molecular weight excluding hydrogens is 158 g/mol. The van der Waals surface area contributed by atoms with Crippen LogP contribution in [0.1, 0.15) is 12.7 Å². The number of carbonyl (C=O) groups excluding carboxylic acids is 1. The molecule has 5 heteroatoms. The molecule has 12 heavy (non-hydrogen) atoms. The van der Waals surface area contributed by atoms with Crippen LogP contribution >= 0.6 is 0 Å². The Labute approximate surface area is 69.9 Å². The average molecular weight is 169 g/mol. The fraction of sp³-hybridized carbons (Fsp3) is 0.429. The van der Waals surface area contributed by atoms with Crippen LogP contribution in [-0.4, -0.2) is 17.1 Å². The number of amides is 1. The lowest BCUT2D eigenvalue weighted by molar-refractivity contribution is -0.122. The molecule has 0 aliphatic carbocycles. The van der Waals surface area contributed by atoms with Gasteiger partial charge in [-0.15, -0.1) is 0 Å². The van der Waals surface area contributed by atoms with Crippen molar-refractivity contribution in [2.24, 2.45) is 5.73 Å². The van der Waals surface area contributed by atoms with Gasteiger partial charge in [0.05, 0.1) is 18.8 Å². The van der Waals surface area contributed by atoms with E-state index < -0.39 is 6.04 Å². The first-order valence-electron chi connectivity index (χ1n) is 3.63. The van der Waals surface area contributed by atoms with Crippen molar-refractivity contribution < 1.29 is 9.32 Å². The van der Waals surface area contributed by atoms with Gasteiger partial charge in [-0.1, -0.05) is 5.16 Å². The predicted octanol–water partition coefficient (Wildman–Crippen LogP) is -0.362. The van der Waals surface area contributed by atoms with E-state index in [0.29, 0.717) is 12.3 Å². The summed E-state index contributed by atoms with van der Waals surface area (Å²) in [4.78, 5) is 10.9. The third kappa shape index (κ3) is 2.35. The SMILES string of the molecule is C[C@@H](N)C(=O)NCc1ccno1. The van der Waals surface area contributed by atoms with Crippen molar-refractivity contribution in [1.82, 2.24) is 10.5 Å². The number of hydrogen-bond donors (Lipinski definition) is 2. The molecular formula is C7H11N3O2. The third-order valence-electron chi connectivity index (χ3n) is 1.34. The molecule has 1 rings (SSSR count). The van der Waals surface area contributed by atoms with E-state index in [0.717, 1.165) is 0 Å². The van der Waals surface area contributed by atoms with Crippen LogP contribution in [0.3, 0.4) is 0 Å². The molecule has 1 amide bonds. The van der Waals surface area contributed by atoms with E-state index in [-0.39, 0.29) is 5.91 Å². The van der Waals surface area contributed by atoms with Crippen LogP contribution in [0.15, 0.2) is 16.8 Å². The lowest BCUT2D eigenvalue weighted by Gasteiger charge is -2.04. The zero-order valence-electron chi connectivity index (χ0n) is 6.78. The molecule has 0 saturated carbocycles. The largest absolute Gasteiger partial charge is 0.360 e. The monoisotopic (exact) mass is 169 g/mol. The summed E-state index contributed by atoms with van der Waals surface area (Å²) in [5, 5.41) is 6.07. The van der Waals surface area contributed by atoms with Crippen LogP contribution in [0.2, 0.25) is 0 Å². The summed E-state index contributed by atoms with van der Waals surface area (Å²) in [5.41, 5.74) is 5.32. The Hall–Kier alpha value is -1.36. The van der Waals surface area contributed by atoms with E-state index in [4.69, 9.17) is 10.3 Å². The fourth-order valence-electron chi connectivity index (χ4n) is 0.669. The number of aromatic nitrogens is 1. The van der Waals surface area contributed by atoms with Crippen LogP contribution in [0.25, 0.3) is 0 Å². The molecule has 1 aromatic heterocycles. The van der Waals surface area contributed by atoms with Gasteiger partial charge in [0, 0.05) is 6.07 Å². The molecule has 66 valence electrons. The van der Waals surface area contributed by atoms with Gasteiger partial charge >= 0.3 is 0 Å². The Morgan fingerprint density at radius 1 is 1.92 bits per heavy atom. The van der Waals surface area contributed by atoms with Gasteiger partial charge in [0.1, 0.15) is 0 Å². The van der Waals surface area contributed by atoms with Crippen molar-refractivity contribution >= 4 is 5.91 Å². The number of carbonyl (C=O) groups is 1. The van der Waals surface area contributed by atoms with Gasteiger partial charge in [-0.2, -0.15) is 0 Å². The van der Waals surface area contributed by atoms with Gasteiger partial charge in [-0.3, -0.25) is 4.79 Å². The van der Waals surface area contributed by atoms with Gasteiger partial charge in [-0.25, -0.2) is 0 Å². The highest BCUT2D eigenvalue weighted by Gasteiger charge is 2.06. The van der Waals surface area contributed by atoms with Crippen molar-refractivity contribution in [2.45, 2.75) is 19.5 Å². The Bertz CT molecular complexity index is 243. The highest BCUT2D eigenvalue weighted by Crippen LogP contribution is 1.94. The van der Waals surface area contributed by atoms with Crippen molar-refractivity contribution in [3.63, 3.8) is 0 Å². The van der Waals surface area contributed by atoms with E-state index in [1.807, 2.05) is 0 Å². The smallest absolute Gasteiger partial charge is 0.237 e. The van der Waals surface area contributed by atoms with Crippen LogP contribution in [0, 0.1) is 0 Å². The number of nitrogens with two attached hydrogens (primary N) is 1. The molecule has 0 fully saturated rings. The first kappa shape index (κ1) is 8.73. The summed E-state index contributed by atoms with van der Waals surface area (Å²) < 4.78 is 4.76. The molecule has 0 bridgehead atoms. The Morgan fingerprint density at radius 2 is 2.67 bits per heavy atom. The van der Waals surface area contributed by atoms with E-state index in [2.05, 4.69) is 10.5 Å². The van der Waals surface area contributed by atoms with Crippen LogP contribution in [0.5, 0.6) is 0 Å². The molecule has 1 atom stereocenters. The fourth-order valence-corrected chi connectivity index (χ4v) is 0.669. The Kier molecular flexibility index (Phi) is 2.82. The van der Waals surface area contributed by atoms with Gasteiger partial charge in [0.15, 0.2) is 5.76 Å². The number of nitrogens with zero attached hydrogens (tertiary/aromatic N) is 1. The lowest BCUT2D eigenvalue weighted by atomic mass is 10.3. The normalized spacial score (nSPS) is 12.5. The van der Waals surface area contributed by atoms with Crippen molar-refractivity contribution in [3.8, 4) is 0 Å². The van der Waals surface area contributed by atoms with Crippen LogP contribution in [-0.2, 0) is 11.3 Å². The van der Waals surface area contributed by atoms with Crippen molar-refractivity contribution in [3.05, 3.63) is 18.0 Å². The summed E-state index contributed by atoms with van der Waals surface area (Å²) in [5.74, 6) is 0.412. The van der Waals surface area contributed by atoms with Crippen molar-refractivity contribution in [2.75, 3.05) is 0 Å². The maximum atomic E-state index is 10.9. The van der Waals surface area contributed by atoms with Gasteiger partial charge in [0.2, 0.25) is 5.91 Å². The molecule has 0 aromatic carbocycles. The first-order chi connectivity index (χ1) is 5.70. The van der Waals surface area contributed by atoms with E-state index in [1.165, 1.54) is 6.20 Å². The standard InChI is InChI=1S/C7H11N3O2/c1-5(8)7(11)9-4-6-2-3-10-12-6/h2-3,5H,4,8H2,1H3,(H,9,11)/t5-/m1/s1. The minimum Gasteiger partial charge on any atom is -0.360 e. The number of nitrogens with one attached hydrogen (secondary N) is 1. The summed E-state index contributed by atoms with van der Waals surface area (Å²) in [6, 6.07) is 1.19. The Morgan fingerprint density at radius 3 is 3.17 bits per heavy atom. The molecule has 0 unspecified atom stereocenters. The van der Waals surface area contributed by atoms with Gasteiger partial charge < -0.3 is 15.6 Å². The highest BCUT2D eigenvalue weighted by atomic mass is 16.5. The van der Waals surface area contributed by atoms with Crippen LogP contribution in [0.4, 0.5) is 0 Å². The summed E-state index contributed by atoms with van der Waals surface area (Å²) in [6.45, 7) is 1.95. The predicted molar refractivity (Wildman–Crippen MR) is 42.0 cm³/mol. The molecule has 0 aliphatic heterocycles. The third-order valence-corrected chi connectivity index (χ3v) is 1.34. The summed E-state index contributed by atoms with van der Waals surface area (Å²) in [7, 11) is 0. The van der Waals surface area contributed by atoms with Gasteiger partial charge in [0.25, 0.3) is 0 Å². The first-order valence-corrected chi connectivity index (χ1v) is 3.63. The second kappa shape index (κ2) is 3.87. The van der Waals surface area contributed by atoms with Gasteiger partial charge in [-0.05, 0) is 6.92 Å². The highest BCUT2D eigenvalue weighted by molar-refractivity contribution is 5.80. The molecule has 5 nitrogen and oxygen atoms in total. The van der Waals surface area contributed by atoms with Crippen LogP contribution < -0.4 is 11.1 Å². The molecule has 0 spiro atoms. The van der Waals surface area contributed by atoms with E-state index in [1.54, 1.807) is 13.0 Å². The summed E-state index contributed by atoms with van der Waals surface area (Å²) >= 11 is 0. The number of rotatable bonds is 3. The molecule has 1 aromatic rings. The maximum absolute atomic E-state index is 10.9. The topological polar surface area (TPSA) is 81.2 Å². The molecule has 3 N–H and O–H groups in total. The molecule has 0 saturated heterocycles. The Balaban J connectivity index is 2.32. The maximum Gasteiger partial charge on any atom is 0.237 e. The average Bonchev–Trinajstić information content (AvgIpc) is 2.51. The summed E-state index contributed by atoms with van der Waals surface area (Å²) in [6.07, 6.45) is 1.52. The minimum absolute atomic E-state index is 0.202. The molecule has 0 aliphatic rings. The zero-order chi connectivity index (χ0) is 8.97. The zero-order valence-corrected chi connectivity index (χ0v) is 6.78.